The van der Waals surface area contributed by atoms with Crippen molar-refractivity contribution >= 4 is 16.0 Å². The van der Waals surface area contributed by atoms with Crippen LogP contribution < -0.4 is 0 Å². The number of aliphatic hydroxyl groups excluding tert-OH is 3. The van der Waals surface area contributed by atoms with Crippen LogP contribution in [0.3, 0.4) is 0 Å². The maximum absolute atomic E-state index is 12.5. The molecule has 0 bridgehead atoms. The normalized spacial score (nSPS) is 44.3. The molecule has 3 unspecified atom stereocenters. The van der Waals surface area contributed by atoms with Gasteiger partial charge in [-0.3, -0.25) is 9.35 Å². The fourth-order valence-electron chi connectivity index (χ4n) is 9.23. The van der Waals surface area contributed by atoms with Crippen molar-refractivity contribution < 1.29 is 33.1 Å². The molecule has 0 heterocycles. The summed E-state index contributed by atoms with van der Waals surface area (Å²) in [5.74, 6) is -0.370. The fraction of sp³-hybridized carbons (Fsp3) is 0.962. The van der Waals surface area contributed by atoms with E-state index < -0.39 is 45.9 Å². The molecule has 0 aromatic rings. The lowest BCUT2D eigenvalue weighted by molar-refractivity contribution is -0.207. The molecule has 0 aromatic carbocycles. The Morgan fingerprint density at radius 3 is 2.43 bits per heavy atom. The van der Waals surface area contributed by atoms with Crippen LogP contribution in [-0.2, 0) is 14.9 Å². The molecule has 10 nitrogen and oxygen atoms in total. The molecule has 0 aromatic heterocycles. The molecular weight excluding hydrogens is 500 g/mol. The molecule has 4 aliphatic rings. The second-order valence-corrected chi connectivity index (χ2v) is 14.5. The summed E-state index contributed by atoms with van der Waals surface area (Å²) >= 11 is 0. The lowest BCUT2D eigenvalue weighted by Crippen LogP contribution is -2.62. The second-order valence-electron chi connectivity index (χ2n) is 12.9. The third kappa shape index (κ3) is 5.23. The van der Waals surface area contributed by atoms with Gasteiger partial charge in [0.1, 0.15) is 0 Å². The Bertz CT molecular complexity index is 978. The van der Waals surface area contributed by atoms with E-state index in [1.54, 1.807) is 0 Å². The highest BCUT2D eigenvalue weighted by Gasteiger charge is 2.65. The summed E-state index contributed by atoms with van der Waals surface area (Å²) in [7, 11) is -4.32. The number of rotatable bonds is 8. The van der Waals surface area contributed by atoms with Crippen molar-refractivity contribution in [1.82, 2.24) is 5.01 Å². The highest BCUT2D eigenvalue weighted by Crippen LogP contribution is 2.68. The predicted octanol–water partition coefficient (Wildman–Crippen LogP) is 2.76. The summed E-state index contributed by atoms with van der Waals surface area (Å²) in [6.07, 6.45) is 4.75. The number of fused-ring (bicyclic) bond motifs is 5. The van der Waals surface area contributed by atoms with Crippen LogP contribution in [0.4, 0.5) is 0 Å². The van der Waals surface area contributed by atoms with Crippen molar-refractivity contribution in [2.45, 2.75) is 96.9 Å². The number of amides is 1. The zero-order chi connectivity index (χ0) is 27.3. The first-order valence-electron chi connectivity index (χ1n) is 13.8. The van der Waals surface area contributed by atoms with Crippen molar-refractivity contribution in [3.63, 3.8) is 0 Å². The third-order valence-electron chi connectivity index (χ3n) is 11.3. The first kappa shape index (κ1) is 28.9. The van der Waals surface area contributed by atoms with E-state index in [9.17, 15) is 33.4 Å². The molecule has 0 saturated heterocycles. The van der Waals surface area contributed by atoms with E-state index in [-0.39, 0.29) is 53.4 Å². The van der Waals surface area contributed by atoms with Crippen LogP contribution in [0.5, 0.6) is 0 Å². The molecule has 0 spiro atoms. The third-order valence-corrected chi connectivity index (χ3v) is 12.0. The maximum Gasteiger partial charge on any atom is 0.266 e. The highest BCUT2D eigenvalue weighted by atomic mass is 32.2. The van der Waals surface area contributed by atoms with Gasteiger partial charge in [-0.2, -0.15) is 13.4 Å². The quantitative estimate of drug-likeness (QED) is 0.206. The van der Waals surface area contributed by atoms with Gasteiger partial charge in [-0.05, 0) is 97.7 Å². The summed E-state index contributed by atoms with van der Waals surface area (Å²) in [5, 5.41) is 36.5. The predicted molar refractivity (Wildman–Crippen MR) is 136 cm³/mol. The van der Waals surface area contributed by atoms with Gasteiger partial charge >= 0.3 is 0 Å². The molecule has 0 radical (unpaired) electrons. The van der Waals surface area contributed by atoms with Gasteiger partial charge in [-0.15, -0.1) is 4.91 Å². The summed E-state index contributed by atoms with van der Waals surface area (Å²) in [5.41, 5.74) is -0.384. The first-order valence-corrected chi connectivity index (χ1v) is 15.5. The van der Waals surface area contributed by atoms with E-state index in [4.69, 9.17) is 4.55 Å². The van der Waals surface area contributed by atoms with Crippen LogP contribution in [-0.4, -0.2) is 69.8 Å². The monoisotopic (exact) mass is 544 g/mol. The van der Waals surface area contributed by atoms with Crippen LogP contribution in [0.2, 0.25) is 0 Å². The van der Waals surface area contributed by atoms with Gasteiger partial charge in [0.25, 0.3) is 10.1 Å². The van der Waals surface area contributed by atoms with Crippen LogP contribution in [0.25, 0.3) is 0 Å². The van der Waals surface area contributed by atoms with E-state index in [0.717, 1.165) is 32.1 Å². The van der Waals surface area contributed by atoms with Crippen LogP contribution >= 0.6 is 0 Å². The van der Waals surface area contributed by atoms with Gasteiger partial charge in [0.2, 0.25) is 5.91 Å². The number of carbonyl (C=O) groups is 1. The van der Waals surface area contributed by atoms with E-state index >= 15 is 0 Å². The lowest BCUT2D eigenvalue weighted by atomic mass is 9.43. The summed E-state index contributed by atoms with van der Waals surface area (Å²) in [6, 6.07) is 0. The minimum atomic E-state index is -4.32. The molecule has 1 amide bonds. The highest BCUT2D eigenvalue weighted by molar-refractivity contribution is 7.85. The molecule has 4 aliphatic carbocycles. The first-order chi connectivity index (χ1) is 17.2. The minimum Gasteiger partial charge on any atom is -0.393 e. The van der Waals surface area contributed by atoms with Crippen molar-refractivity contribution in [3.8, 4) is 0 Å². The van der Waals surface area contributed by atoms with E-state index in [2.05, 4.69) is 26.1 Å². The molecule has 0 aliphatic heterocycles. The molecule has 4 rings (SSSR count). The minimum absolute atomic E-state index is 0.00883. The average molecular weight is 545 g/mol. The van der Waals surface area contributed by atoms with E-state index in [1.165, 1.54) is 0 Å². The van der Waals surface area contributed by atoms with Gasteiger partial charge in [-0.25, -0.2) is 0 Å². The van der Waals surface area contributed by atoms with Crippen LogP contribution in [0, 0.1) is 51.2 Å². The second kappa shape index (κ2) is 10.4. The molecular formula is C26H44N2O8S. The Labute approximate surface area is 219 Å². The molecule has 37 heavy (non-hydrogen) atoms. The number of hydrogen-bond donors (Lipinski definition) is 4. The average Bonchev–Trinajstić information content (AvgIpc) is 3.17. The van der Waals surface area contributed by atoms with Crippen LogP contribution in [0.1, 0.15) is 78.6 Å². The molecule has 4 N–H and O–H groups in total. The lowest BCUT2D eigenvalue weighted by Gasteiger charge is -2.63. The zero-order valence-corrected chi connectivity index (χ0v) is 23.0. The maximum atomic E-state index is 12.5. The molecule has 212 valence electrons. The largest absolute Gasteiger partial charge is 0.393 e. The molecule has 4 fully saturated rings. The van der Waals surface area contributed by atoms with Gasteiger partial charge in [0.15, 0.2) is 0 Å². The Morgan fingerprint density at radius 2 is 1.78 bits per heavy atom. The van der Waals surface area contributed by atoms with Crippen LogP contribution in [0.15, 0.2) is 5.29 Å². The number of aliphatic hydroxyl groups is 3. The van der Waals surface area contributed by atoms with Gasteiger partial charge in [-0.1, -0.05) is 20.8 Å². The van der Waals surface area contributed by atoms with Crippen molar-refractivity contribution in [1.29, 1.82) is 0 Å². The Morgan fingerprint density at radius 1 is 1.08 bits per heavy atom. The van der Waals surface area contributed by atoms with Gasteiger partial charge in [0.05, 0.1) is 35.9 Å². The summed E-state index contributed by atoms with van der Waals surface area (Å²) < 4.78 is 30.8. The summed E-state index contributed by atoms with van der Waals surface area (Å²) in [4.78, 5) is 23.6. The van der Waals surface area contributed by atoms with Gasteiger partial charge in [0, 0.05) is 6.42 Å². The number of nitrogens with zero attached hydrogens (tertiary/aromatic N) is 2. The Kier molecular flexibility index (Phi) is 8.15. The number of carbonyl (C=O) groups excluding carboxylic acids is 1. The van der Waals surface area contributed by atoms with Crippen molar-refractivity contribution in [2.75, 3.05) is 12.3 Å². The van der Waals surface area contributed by atoms with E-state index in [0.29, 0.717) is 24.3 Å². The fourth-order valence-corrected chi connectivity index (χ4v) is 9.63. The smallest absolute Gasteiger partial charge is 0.266 e. The van der Waals surface area contributed by atoms with Crippen molar-refractivity contribution in [2.24, 2.45) is 51.6 Å². The zero-order valence-electron chi connectivity index (χ0n) is 22.2. The number of hydrogen-bond acceptors (Lipinski definition) is 8. The topological polar surface area (TPSA) is 165 Å². The molecule has 4 saturated carbocycles. The van der Waals surface area contributed by atoms with E-state index in [1.807, 2.05) is 0 Å². The molecule has 11 atom stereocenters. The standard InChI is InChI=1S/C26H44N2O8S/c1-15(4-7-23(32)28(27-33)10-11-37(34,35)36)18-5-6-19-24-20(14-22(31)26(18,19)3)25(2)9-8-17(29)12-16(25)13-21(24)30/h15-22,24,29-31H,4-14H2,1-3H3,(H,34,35,36)/t15-,16+,17-,18-,19?,20?,21-,22+,24?,25+,26-/m1/s1. The number of nitroso groups, excluding NO2 is 1. The molecule has 11 heteroatoms. The van der Waals surface area contributed by atoms with Crippen molar-refractivity contribution in [3.05, 3.63) is 4.91 Å². The summed E-state index contributed by atoms with van der Waals surface area (Å²) in [6.45, 7) is 6.01. The SMILES string of the molecule is C[C@H](CCC(=O)N(CCS(=O)(=O)O)N=O)[C@H]1CCC2C3C(C[C@H](O)[C@@]21C)[C@@]1(C)CC[C@@H](O)C[C@H]1C[C@H]3O. The Hall–Kier alpha value is -1.14. The Balaban J connectivity index is 1.45. The van der Waals surface area contributed by atoms with Gasteiger partial charge < -0.3 is 15.3 Å².